The summed E-state index contributed by atoms with van der Waals surface area (Å²) in [5.41, 5.74) is 10.0. The van der Waals surface area contributed by atoms with Gasteiger partial charge in [-0.15, -0.1) is 0 Å². The molecule has 23 heavy (non-hydrogen) atoms. The van der Waals surface area contributed by atoms with Gasteiger partial charge in [0.2, 0.25) is 5.91 Å². The van der Waals surface area contributed by atoms with Gasteiger partial charge in [0, 0.05) is 37.6 Å². The number of hydrogen-bond acceptors (Lipinski definition) is 3. The normalized spacial score (nSPS) is 14.8. The predicted octanol–water partition coefficient (Wildman–Crippen LogP) is 2.47. The number of hydrogen-bond donors (Lipinski definition) is 1. The van der Waals surface area contributed by atoms with Gasteiger partial charge in [-0.05, 0) is 36.2 Å². The van der Waals surface area contributed by atoms with Crippen molar-refractivity contribution in [2.45, 2.75) is 13.3 Å². The first-order valence-electron chi connectivity index (χ1n) is 8.06. The maximum atomic E-state index is 12.5. The van der Waals surface area contributed by atoms with Crippen LogP contribution in [0.5, 0.6) is 0 Å². The number of carbonyl (C=O) groups excluding carboxylic acids is 1. The van der Waals surface area contributed by atoms with Crippen LogP contribution in [0.3, 0.4) is 0 Å². The van der Waals surface area contributed by atoms with Gasteiger partial charge in [-0.25, -0.2) is 0 Å². The highest BCUT2D eigenvalue weighted by molar-refractivity contribution is 5.80. The van der Waals surface area contributed by atoms with Crippen molar-refractivity contribution in [3.8, 4) is 0 Å². The number of amides is 1. The highest BCUT2D eigenvalue weighted by Gasteiger charge is 2.21. The fourth-order valence-corrected chi connectivity index (χ4v) is 3.01. The molecule has 0 atom stereocenters. The Bertz CT molecular complexity index is 691. The second kappa shape index (κ2) is 6.73. The first-order chi connectivity index (χ1) is 11.1. The first-order valence-corrected chi connectivity index (χ1v) is 8.06. The maximum Gasteiger partial charge on any atom is 0.227 e. The standard InChI is InChI=1S/C19H23N3O/c1-15-5-4-7-17(13-15)21-9-11-22(12-10-21)19(23)14-16-6-2-3-8-18(16)20/h2-8,13H,9-12,14,20H2,1H3. The molecular formula is C19H23N3O. The molecule has 1 aliphatic heterocycles. The van der Waals surface area contributed by atoms with Gasteiger partial charge >= 0.3 is 0 Å². The Kier molecular flexibility index (Phi) is 4.51. The zero-order chi connectivity index (χ0) is 16.2. The predicted molar refractivity (Wildman–Crippen MR) is 94.5 cm³/mol. The number of nitrogen functional groups attached to an aromatic ring is 1. The Balaban J connectivity index is 1.58. The summed E-state index contributed by atoms with van der Waals surface area (Å²) in [4.78, 5) is 16.8. The van der Waals surface area contributed by atoms with E-state index in [-0.39, 0.29) is 5.91 Å². The van der Waals surface area contributed by atoms with E-state index in [9.17, 15) is 4.79 Å². The highest BCUT2D eigenvalue weighted by atomic mass is 16.2. The van der Waals surface area contributed by atoms with Crippen LogP contribution in [0, 0.1) is 6.92 Å². The van der Waals surface area contributed by atoms with Crippen LogP contribution < -0.4 is 10.6 Å². The largest absolute Gasteiger partial charge is 0.398 e. The number of carbonyl (C=O) groups is 1. The number of piperazine rings is 1. The highest BCUT2D eigenvalue weighted by Crippen LogP contribution is 2.19. The molecule has 2 aromatic carbocycles. The van der Waals surface area contributed by atoms with Gasteiger partial charge < -0.3 is 15.5 Å². The van der Waals surface area contributed by atoms with Gasteiger partial charge in [0.15, 0.2) is 0 Å². The molecule has 2 N–H and O–H groups in total. The van der Waals surface area contributed by atoms with E-state index in [1.165, 1.54) is 11.3 Å². The summed E-state index contributed by atoms with van der Waals surface area (Å²) in [5.74, 6) is 0.159. The quantitative estimate of drug-likeness (QED) is 0.886. The molecule has 2 aromatic rings. The average Bonchev–Trinajstić information content (AvgIpc) is 2.57. The molecular weight excluding hydrogens is 286 g/mol. The summed E-state index contributed by atoms with van der Waals surface area (Å²) in [6, 6.07) is 16.1. The molecule has 4 nitrogen and oxygen atoms in total. The van der Waals surface area contributed by atoms with E-state index in [2.05, 4.69) is 36.1 Å². The molecule has 0 spiro atoms. The minimum Gasteiger partial charge on any atom is -0.398 e. The summed E-state index contributed by atoms with van der Waals surface area (Å²) in [6.45, 7) is 5.38. The number of rotatable bonds is 3. The molecule has 1 aliphatic rings. The van der Waals surface area contributed by atoms with E-state index in [4.69, 9.17) is 5.73 Å². The average molecular weight is 309 g/mol. The topological polar surface area (TPSA) is 49.6 Å². The minimum atomic E-state index is 0.159. The first kappa shape index (κ1) is 15.4. The lowest BCUT2D eigenvalue weighted by Crippen LogP contribution is -2.49. The molecule has 0 aliphatic carbocycles. The second-order valence-corrected chi connectivity index (χ2v) is 6.08. The van der Waals surface area contributed by atoms with E-state index < -0.39 is 0 Å². The molecule has 1 heterocycles. The van der Waals surface area contributed by atoms with E-state index in [0.29, 0.717) is 12.1 Å². The number of nitrogens with zero attached hydrogens (tertiary/aromatic N) is 2. The summed E-state index contributed by atoms with van der Waals surface area (Å²) < 4.78 is 0. The van der Waals surface area contributed by atoms with E-state index in [0.717, 1.165) is 31.7 Å². The Morgan fingerprint density at radius 1 is 1.04 bits per heavy atom. The van der Waals surface area contributed by atoms with Gasteiger partial charge in [-0.2, -0.15) is 0 Å². The smallest absolute Gasteiger partial charge is 0.227 e. The lowest BCUT2D eigenvalue weighted by molar-refractivity contribution is -0.130. The van der Waals surface area contributed by atoms with E-state index in [1.807, 2.05) is 29.2 Å². The monoisotopic (exact) mass is 309 g/mol. The van der Waals surface area contributed by atoms with Crippen molar-refractivity contribution in [2.75, 3.05) is 36.8 Å². The number of anilines is 2. The Morgan fingerprint density at radius 2 is 1.78 bits per heavy atom. The Labute approximate surface area is 137 Å². The molecule has 1 amide bonds. The van der Waals surface area contributed by atoms with E-state index in [1.54, 1.807) is 0 Å². The summed E-state index contributed by atoms with van der Waals surface area (Å²) in [7, 11) is 0. The van der Waals surface area contributed by atoms with Crippen molar-refractivity contribution in [3.05, 3.63) is 59.7 Å². The molecule has 3 rings (SSSR count). The number of nitrogens with two attached hydrogens (primary N) is 1. The van der Waals surface area contributed by atoms with Crippen LogP contribution in [0.4, 0.5) is 11.4 Å². The second-order valence-electron chi connectivity index (χ2n) is 6.08. The van der Waals surface area contributed by atoms with Crippen LogP contribution in [0.2, 0.25) is 0 Å². The molecule has 1 fully saturated rings. The zero-order valence-corrected chi connectivity index (χ0v) is 13.5. The number of aryl methyl sites for hydroxylation is 1. The molecule has 0 aromatic heterocycles. The van der Waals surface area contributed by atoms with Crippen molar-refractivity contribution in [1.82, 2.24) is 4.90 Å². The van der Waals surface area contributed by atoms with Crippen molar-refractivity contribution < 1.29 is 4.79 Å². The SMILES string of the molecule is Cc1cccc(N2CCN(C(=O)Cc3ccccc3N)CC2)c1. The van der Waals surface area contributed by atoms with Gasteiger partial charge in [-0.3, -0.25) is 4.79 Å². The number of benzene rings is 2. The minimum absolute atomic E-state index is 0.159. The van der Waals surface area contributed by atoms with Crippen LogP contribution in [-0.2, 0) is 11.2 Å². The van der Waals surface area contributed by atoms with Crippen LogP contribution in [0.15, 0.2) is 48.5 Å². The van der Waals surface area contributed by atoms with Crippen molar-refractivity contribution in [2.24, 2.45) is 0 Å². The summed E-state index contributed by atoms with van der Waals surface area (Å²) in [5, 5.41) is 0. The maximum absolute atomic E-state index is 12.5. The summed E-state index contributed by atoms with van der Waals surface area (Å²) >= 11 is 0. The molecule has 4 heteroatoms. The lowest BCUT2D eigenvalue weighted by Gasteiger charge is -2.36. The fraction of sp³-hybridized carbons (Fsp3) is 0.316. The third kappa shape index (κ3) is 3.65. The van der Waals surface area contributed by atoms with Gasteiger partial charge in [-0.1, -0.05) is 30.3 Å². The molecule has 0 bridgehead atoms. The summed E-state index contributed by atoms with van der Waals surface area (Å²) in [6.07, 6.45) is 0.386. The van der Waals surface area contributed by atoms with Crippen molar-refractivity contribution >= 4 is 17.3 Å². The molecule has 0 unspecified atom stereocenters. The van der Waals surface area contributed by atoms with Crippen LogP contribution >= 0.6 is 0 Å². The van der Waals surface area contributed by atoms with E-state index >= 15 is 0 Å². The number of para-hydroxylation sites is 1. The van der Waals surface area contributed by atoms with Crippen molar-refractivity contribution in [1.29, 1.82) is 0 Å². The van der Waals surface area contributed by atoms with Gasteiger partial charge in [0.1, 0.15) is 0 Å². The molecule has 120 valence electrons. The Hall–Kier alpha value is -2.49. The Morgan fingerprint density at radius 3 is 2.48 bits per heavy atom. The third-order valence-electron chi connectivity index (χ3n) is 4.40. The van der Waals surface area contributed by atoms with Crippen LogP contribution in [0.1, 0.15) is 11.1 Å². The lowest BCUT2D eigenvalue weighted by atomic mass is 10.1. The molecule has 0 radical (unpaired) electrons. The molecule has 1 saturated heterocycles. The van der Waals surface area contributed by atoms with Crippen LogP contribution in [-0.4, -0.2) is 37.0 Å². The zero-order valence-electron chi connectivity index (χ0n) is 13.5. The van der Waals surface area contributed by atoms with Gasteiger partial charge in [0.25, 0.3) is 0 Å². The third-order valence-corrected chi connectivity index (χ3v) is 4.40. The van der Waals surface area contributed by atoms with Crippen LogP contribution in [0.25, 0.3) is 0 Å². The fourth-order valence-electron chi connectivity index (χ4n) is 3.01. The molecule has 0 saturated carbocycles. The van der Waals surface area contributed by atoms with Gasteiger partial charge in [0.05, 0.1) is 6.42 Å². The van der Waals surface area contributed by atoms with Crippen molar-refractivity contribution in [3.63, 3.8) is 0 Å².